The first kappa shape index (κ1) is 17.7. The first-order valence-electron chi connectivity index (χ1n) is 7.07. The molecule has 1 amide bonds. The van der Waals surface area contributed by atoms with Crippen molar-refractivity contribution < 1.29 is 14.3 Å². The maximum Gasteiger partial charge on any atom is 0.241 e. The molecular weight excluding hydrogens is 288 g/mol. The second-order valence-electron chi connectivity index (χ2n) is 4.40. The maximum absolute atomic E-state index is 12.0. The van der Waals surface area contributed by atoms with Gasteiger partial charge in [0.25, 0.3) is 0 Å². The average molecular weight is 312 g/mol. The fraction of sp³-hybridized carbons (Fsp3) is 0.533. The summed E-state index contributed by atoms with van der Waals surface area (Å²) < 4.78 is 11.0. The highest BCUT2D eigenvalue weighted by atomic mass is 32.2. The monoisotopic (exact) mass is 312 g/mol. The van der Waals surface area contributed by atoms with Crippen molar-refractivity contribution in [2.24, 2.45) is 5.73 Å². The van der Waals surface area contributed by atoms with E-state index in [1.807, 2.05) is 20.1 Å². The molecule has 0 aliphatic heterocycles. The molecule has 3 N–H and O–H groups in total. The predicted molar refractivity (Wildman–Crippen MR) is 88.4 cm³/mol. The molecule has 0 spiro atoms. The van der Waals surface area contributed by atoms with Gasteiger partial charge in [-0.1, -0.05) is 0 Å². The van der Waals surface area contributed by atoms with Crippen molar-refractivity contribution in [3.8, 4) is 11.5 Å². The summed E-state index contributed by atoms with van der Waals surface area (Å²) in [6.45, 7) is 4.91. The normalized spacial score (nSPS) is 11.8. The third kappa shape index (κ3) is 5.85. The molecule has 21 heavy (non-hydrogen) atoms. The van der Waals surface area contributed by atoms with Crippen LogP contribution in [0.25, 0.3) is 0 Å². The molecule has 0 aromatic heterocycles. The van der Waals surface area contributed by atoms with Crippen LogP contribution in [0.3, 0.4) is 0 Å². The summed E-state index contributed by atoms with van der Waals surface area (Å²) in [7, 11) is 0. The Hall–Kier alpha value is -1.40. The predicted octanol–water partition coefficient (Wildman–Crippen LogP) is 2.50. The van der Waals surface area contributed by atoms with Gasteiger partial charge in [0, 0.05) is 11.8 Å². The molecule has 0 aliphatic rings. The Bertz CT molecular complexity index is 455. The molecule has 0 heterocycles. The summed E-state index contributed by atoms with van der Waals surface area (Å²) >= 11 is 1.67. The quantitative estimate of drug-likeness (QED) is 0.733. The molecule has 5 nitrogen and oxygen atoms in total. The number of hydrogen-bond acceptors (Lipinski definition) is 5. The van der Waals surface area contributed by atoms with Crippen molar-refractivity contribution in [3.05, 3.63) is 18.2 Å². The number of amides is 1. The van der Waals surface area contributed by atoms with Crippen LogP contribution in [0, 0.1) is 0 Å². The summed E-state index contributed by atoms with van der Waals surface area (Å²) in [4.78, 5) is 12.0. The van der Waals surface area contributed by atoms with Gasteiger partial charge >= 0.3 is 0 Å². The zero-order chi connectivity index (χ0) is 15.7. The van der Waals surface area contributed by atoms with E-state index in [0.717, 1.165) is 5.75 Å². The Labute approximate surface area is 130 Å². The molecule has 0 radical (unpaired) electrons. The van der Waals surface area contributed by atoms with E-state index in [9.17, 15) is 4.79 Å². The van der Waals surface area contributed by atoms with Gasteiger partial charge in [-0.3, -0.25) is 4.79 Å². The first-order valence-corrected chi connectivity index (χ1v) is 8.46. The van der Waals surface area contributed by atoms with Gasteiger partial charge in [-0.25, -0.2) is 0 Å². The second-order valence-corrected chi connectivity index (χ2v) is 5.39. The van der Waals surface area contributed by atoms with Gasteiger partial charge in [0.05, 0.1) is 19.3 Å². The summed E-state index contributed by atoms with van der Waals surface area (Å²) in [5, 5.41) is 2.81. The summed E-state index contributed by atoms with van der Waals surface area (Å²) in [5.41, 5.74) is 6.50. The number of thioether (sulfide) groups is 1. The molecule has 1 atom stereocenters. The second kappa shape index (κ2) is 9.52. The SMILES string of the molecule is CCOc1ccc(NC(=O)[C@@H](N)CCSC)cc1OCC. The van der Waals surface area contributed by atoms with E-state index >= 15 is 0 Å². The van der Waals surface area contributed by atoms with Crippen molar-refractivity contribution in [2.75, 3.05) is 30.5 Å². The van der Waals surface area contributed by atoms with Gasteiger partial charge in [-0.05, 0) is 44.4 Å². The van der Waals surface area contributed by atoms with Gasteiger partial charge in [-0.15, -0.1) is 0 Å². The molecule has 0 saturated carbocycles. The average Bonchev–Trinajstić information content (AvgIpc) is 2.47. The molecular formula is C15H24N2O3S. The van der Waals surface area contributed by atoms with Crippen molar-refractivity contribution >= 4 is 23.4 Å². The summed E-state index contributed by atoms with van der Waals surface area (Å²) in [5.74, 6) is 1.97. The lowest BCUT2D eigenvalue weighted by molar-refractivity contribution is -0.117. The smallest absolute Gasteiger partial charge is 0.241 e. The van der Waals surface area contributed by atoms with Crippen molar-refractivity contribution in [2.45, 2.75) is 26.3 Å². The Morgan fingerprint density at radius 1 is 1.29 bits per heavy atom. The highest BCUT2D eigenvalue weighted by Gasteiger charge is 2.14. The van der Waals surface area contributed by atoms with Crippen LogP contribution in [0.15, 0.2) is 18.2 Å². The van der Waals surface area contributed by atoms with Crippen molar-refractivity contribution in [1.82, 2.24) is 0 Å². The molecule has 1 rings (SSSR count). The largest absolute Gasteiger partial charge is 0.490 e. The number of carbonyl (C=O) groups is 1. The highest BCUT2D eigenvalue weighted by Crippen LogP contribution is 2.30. The fourth-order valence-electron chi connectivity index (χ4n) is 1.74. The van der Waals surface area contributed by atoms with Crippen LogP contribution >= 0.6 is 11.8 Å². The van der Waals surface area contributed by atoms with Crippen LogP contribution in [0.1, 0.15) is 20.3 Å². The number of benzene rings is 1. The lowest BCUT2D eigenvalue weighted by atomic mass is 10.2. The molecule has 0 aliphatic carbocycles. The van der Waals surface area contributed by atoms with Crippen LogP contribution in [-0.2, 0) is 4.79 Å². The van der Waals surface area contributed by atoms with E-state index in [2.05, 4.69) is 5.32 Å². The lowest BCUT2D eigenvalue weighted by Crippen LogP contribution is -2.36. The van der Waals surface area contributed by atoms with Crippen LogP contribution in [0.2, 0.25) is 0 Å². The van der Waals surface area contributed by atoms with Gasteiger partial charge < -0.3 is 20.5 Å². The minimum Gasteiger partial charge on any atom is -0.490 e. The van der Waals surface area contributed by atoms with E-state index in [0.29, 0.717) is 36.8 Å². The third-order valence-corrected chi connectivity index (χ3v) is 3.42. The van der Waals surface area contributed by atoms with Crippen molar-refractivity contribution in [3.63, 3.8) is 0 Å². The van der Waals surface area contributed by atoms with Gasteiger partial charge in [0.15, 0.2) is 11.5 Å². The van der Waals surface area contributed by atoms with Crippen LogP contribution < -0.4 is 20.5 Å². The van der Waals surface area contributed by atoms with E-state index in [4.69, 9.17) is 15.2 Å². The zero-order valence-electron chi connectivity index (χ0n) is 12.8. The molecule has 0 bridgehead atoms. The van der Waals surface area contributed by atoms with Gasteiger partial charge in [0.2, 0.25) is 5.91 Å². The molecule has 1 aromatic carbocycles. The number of rotatable bonds is 9. The van der Waals surface area contributed by atoms with Gasteiger partial charge in [0.1, 0.15) is 0 Å². The topological polar surface area (TPSA) is 73.6 Å². The van der Waals surface area contributed by atoms with E-state index in [-0.39, 0.29) is 5.91 Å². The van der Waals surface area contributed by atoms with Crippen LogP contribution in [0.5, 0.6) is 11.5 Å². The Balaban J connectivity index is 2.74. The van der Waals surface area contributed by atoms with Crippen LogP contribution in [-0.4, -0.2) is 37.2 Å². The summed E-state index contributed by atoms with van der Waals surface area (Å²) in [6.07, 6.45) is 2.65. The zero-order valence-corrected chi connectivity index (χ0v) is 13.7. The molecule has 118 valence electrons. The number of carbonyl (C=O) groups excluding carboxylic acids is 1. The third-order valence-electron chi connectivity index (χ3n) is 2.78. The van der Waals surface area contributed by atoms with Gasteiger partial charge in [-0.2, -0.15) is 11.8 Å². The fourth-order valence-corrected chi connectivity index (χ4v) is 2.23. The maximum atomic E-state index is 12.0. The first-order chi connectivity index (χ1) is 10.1. The minimum absolute atomic E-state index is 0.185. The number of nitrogens with one attached hydrogen (secondary N) is 1. The summed E-state index contributed by atoms with van der Waals surface area (Å²) in [6, 6.07) is 4.83. The van der Waals surface area contributed by atoms with Crippen molar-refractivity contribution in [1.29, 1.82) is 0 Å². The number of anilines is 1. The Morgan fingerprint density at radius 2 is 1.95 bits per heavy atom. The van der Waals surface area contributed by atoms with E-state index in [1.54, 1.807) is 30.0 Å². The number of ether oxygens (including phenoxy) is 2. The number of hydrogen-bond donors (Lipinski definition) is 2. The van der Waals surface area contributed by atoms with E-state index in [1.165, 1.54) is 0 Å². The minimum atomic E-state index is -0.500. The number of nitrogens with two attached hydrogens (primary N) is 1. The molecule has 6 heteroatoms. The van der Waals surface area contributed by atoms with Crippen LogP contribution in [0.4, 0.5) is 5.69 Å². The van der Waals surface area contributed by atoms with E-state index < -0.39 is 6.04 Å². The standard InChI is InChI=1S/C15H24N2O3S/c1-4-19-13-7-6-11(10-14(13)20-5-2)17-15(18)12(16)8-9-21-3/h6-7,10,12H,4-5,8-9,16H2,1-3H3,(H,17,18)/t12-/m0/s1. The molecule has 0 saturated heterocycles. The molecule has 0 unspecified atom stereocenters. The highest BCUT2D eigenvalue weighted by molar-refractivity contribution is 7.98. The Kier molecular flexibility index (Phi) is 8.00. The Morgan fingerprint density at radius 3 is 2.57 bits per heavy atom. The lowest BCUT2D eigenvalue weighted by Gasteiger charge is -2.15. The molecule has 0 fully saturated rings. The molecule has 1 aromatic rings.